The summed E-state index contributed by atoms with van der Waals surface area (Å²) in [6.07, 6.45) is 5.39. The van der Waals surface area contributed by atoms with Crippen molar-refractivity contribution in [3.63, 3.8) is 0 Å². The van der Waals surface area contributed by atoms with Crippen LogP contribution in [0.15, 0.2) is 35.4 Å². The highest BCUT2D eigenvalue weighted by molar-refractivity contribution is 7.07. The molecule has 1 spiro atoms. The van der Waals surface area contributed by atoms with E-state index < -0.39 is 17.9 Å². The summed E-state index contributed by atoms with van der Waals surface area (Å²) >= 11 is 1.38. The first kappa shape index (κ1) is 14.7. The summed E-state index contributed by atoms with van der Waals surface area (Å²) < 4.78 is 6.14. The fourth-order valence-corrected chi connectivity index (χ4v) is 3.61. The third kappa shape index (κ3) is 2.65. The van der Waals surface area contributed by atoms with Crippen molar-refractivity contribution in [2.75, 3.05) is 4.90 Å². The normalized spacial score (nSPS) is 25.3. The van der Waals surface area contributed by atoms with Gasteiger partial charge in [0.05, 0.1) is 29.1 Å². The molecule has 1 N–H and O–H groups in total. The molecule has 7 heteroatoms. The van der Waals surface area contributed by atoms with Gasteiger partial charge in [-0.3, -0.25) is 14.7 Å². The van der Waals surface area contributed by atoms with Crippen LogP contribution < -0.4 is 4.90 Å². The van der Waals surface area contributed by atoms with Gasteiger partial charge in [-0.2, -0.15) is 0 Å². The zero-order chi connectivity index (χ0) is 15.9. The van der Waals surface area contributed by atoms with E-state index in [0.29, 0.717) is 24.2 Å². The van der Waals surface area contributed by atoms with Gasteiger partial charge in [-0.25, -0.2) is 4.98 Å². The molecule has 2 atom stereocenters. The number of hydrogen-bond acceptors (Lipinski definition) is 6. The van der Waals surface area contributed by atoms with Crippen LogP contribution in [0.1, 0.15) is 36.2 Å². The summed E-state index contributed by atoms with van der Waals surface area (Å²) in [5, 5.41) is 11.9. The van der Waals surface area contributed by atoms with Gasteiger partial charge < -0.3 is 9.84 Å². The van der Waals surface area contributed by atoms with Crippen LogP contribution in [0.5, 0.6) is 0 Å². The van der Waals surface area contributed by atoms with Gasteiger partial charge in [-0.15, -0.1) is 11.3 Å². The lowest BCUT2D eigenvalue weighted by molar-refractivity contribution is -0.132. The van der Waals surface area contributed by atoms with E-state index in [2.05, 4.69) is 9.97 Å². The molecule has 1 saturated heterocycles. The topological polar surface area (TPSA) is 75.6 Å². The minimum Gasteiger partial charge on any atom is -0.390 e. The summed E-state index contributed by atoms with van der Waals surface area (Å²) in [7, 11) is 0. The van der Waals surface area contributed by atoms with Crippen LogP contribution in [0.2, 0.25) is 0 Å². The smallest absolute Gasteiger partial charge is 0.279 e. The molecule has 0 bridgehead atoms. The van der Waals surface area contributed by atoms with E-state index in [0.717, 1.165) is 12.8 Å². The fourth-order valence-electron chi connectivity index (χ4n) is 3.08. The number of aliphatic hydroxyl groups is 1. The van der Waals surface area contributed by atoms with E-state index >= 15 is 0 Å². The Morgan fingerprint density at radius 3 is 2.96 bits per heavy atom. The molecule has 1 aliphatic heterocycles. The van der Waals surface area contributed by atoms with Crippen molar-refractivity contribution in [3.05, 3.63) is 41.1 Å². The van der Waals surface area contributed by atoms with E-state index in [9.17, 15) is 9.90 Å². The highest BCUT2D eigenvalue weighted by atomic mass is 32.1. The average molecular weight is 331 g/mol. The molecule has 0 aromatic carbocycles. The number of nitrogens with zero attached hydrogens (tertiary/aromatic N) is 3. The Hall–Kier alpha value is -1.83. The van der Waals surface area contributed by atoms with E-state index in [1.165, 1.54) is 11.3 Å². The summed E-state index contributed by atoms with van der Waals surface area (Å²) in [5.74, 6) is -0.198. The number of ether oxygens (including phenoxy) is 1. The van der Waals surface area contributed by atoms with Gasteiger partial charge in [0, 0.05) is 11.6 Å². The number of thiazole rings is 1. The lowest BCUT2D eigenvalue weighted by Crippen LogP contribution is -2.51. The van der Waals surface area contributed by atoms with E-state index in [-0.39, 0.29) is 5.91 Å². The number of hydrogen-bond donors (Lipinski definition) is 1. The van der Waals surface area contributed by atoms with Crippen molar-refractivity contribution in [2.45, 2.75) is 43.6 Å². The third-order valence-corrected chi connectivity index (χ3v) is 5.08. The molecular weight excluding hydrogens is 314 g/mol. The quantitative estimate of drug-likeness (QED) is 0.933. The Bertz CT molecular complexity index is 688. The van der Waals surface area contributed by atoms with Gasteiger partial charge >= 0.3 is 0 Å². The molecule has 2 unspecified atom stereocenters. The van der Waals surface area contributed by atoms with Crippen molar-refractivity contribution in [1.82, 2.24) is 9.97 Å². The molecule has 23 heavy (non-hydrogen) atoms. The van der Waals surface area contributed by atoms with Crippen LogP contribution >= 0.6 is 11.3 Å². The Morgan fingerprint density at radius 2 is 2.30 bits per heavy atom. The Labute approximate surface area is 137 Å². The van der Waals surface area contributed by atoms with Crippen LogP contribution in [-0.2, 0) is 4.74 Å². The highest BCUT2D eigenvalue weighted by Crippen LogP contribution is 2.49. The van der Waals surface area contributed by atoms with Gasteiger partial charge in [-0.05, 0) is 37.8 Å². The second-order valence-corrected chi connectivity index (χ2v) is 6.71. The summed E-state index contributed by atoms with van der Waals surface area (Å²) in [5.41, 5.74) is 2.26. The number of amides is 1. The van der Waals surface area contributed by atoms with E-state index in [1.54, 1.807) is 34.3 Å². The third-order valence-electron chi connectivity index (χ3n) is 4.49. The van der Waals surface area contributed by atoms with Crippen LogP contribution in [0.4, 0.5) is 5.69 Å². The predicted molar refractivity (Wildman–Crippen MR) is 85.2 cm³/mol. The first-order valence-electron chi connectivity index (χ1n) is 7.67. The number of rotatable bonds is 3. The molecule has 4 rings (SSSR count). The van der Waals surface area contributed by atoms with Crippen LogP contribution in [0.3, 0.4) is 0 Å². The van der Waals surface area contributed by atoms with Crippen molar-refractivity contribution >= 4 is 22.9 Å². The van der Waals surface area contributed by atoms with Gasteiger partial charge in [0.2, 0.25) is 0 Å². The second kappa shape index (κ2) is 5.67. The molecule has 1 amide bonds. The van der Waals surface area contributed by atoms with Crippen molar-refractivity contribution in [3.8, 4) is 0 Å². The van der Waals surface area contributed by atoms with Crippen LogP contribution in [0.25, 0.3) is 0 Å². The lowest BCUT2D eigenvalue weighted by Gasteiger charge is -2.40. The number of carbonyl (C=O) groups is 1. The van der Waals surface area contributed by atoms with Crippen LogP contribution in [-0.4, -0.2) is 38.9 Å². The number of carbonyl (C=O) groups excluding carboxylic acids is 1. The maximum Gasteiger partial charge on any atom is 0.279 e. The summed E-state index contributed by atoms with van der Waals surface area (Å²) in [6, 6.07) is 3.63. The lowest BCUT2D eigenvalue weighted by atomic mass is 10.0. The average Bonchev–Trinajstić information content (AvgIpc) is 3.12. The number of pyridine rings is 1. The molecule has 2 aliphatic rings. The Kier molecular flexibility index (Phi) is 3.63. The molecule has 2 aromatic heterocycles. The summed E-state index contributed by atoms with van der Waals surface area (Å²) in [6.45, 7) is 0. The first-order valence-corrected chi connectivity index (χ1v) is 8.61. The highest BCUT2D eigenvalue weighted by Gasteiger charge is 2.55. The van der Waals surface area contributed by atoms with Crippen LogP contribution in [0, 0.1) is 0 Å². The fraction of sp³-hybridized carbons (Fsp3) is 0.438. The van der Waals surface area contributed by atoms with Crippen molar-refractivity contribution in [1.29, 1.82) is 0 Å². The van der Waals surface area contributed by atoms with E-state index in [4.69, 9.17) is 4.74 Å². The molecule has 0 radical (unpaired) electrons. The first-order chi connectivity index (χ1) is 11.2. The number of aromatic nitrogens is 2. The minimum atomic E-state index is -0.467. The molecule has 2 aromatic rings. The van der Waals surface area contributed by atoms with Gasteiger partial charge in [0.15, 0.2) is 0 Å². The molecule has 2 fully saturated rings. The molecule has 1 saturated carbocycles. The van der Waals surface area contributed by atoms with E-state index in [1.807, 2.05) is 6.07 Å². The summed E-state index contributed by atoms with van der Waals surface area (Å²) in [4.78, 5) is 22.8. The molecular formula is C16H17N3O3S. The predicted octanol–water partition coefficient (Wildman–Crippen LogP) is 2.21. The minimum absolute atomic E-state index is 0.198. The molecule has 3 heterocycles. The molecule has 120 valence electrons. The molecule has 1 aliphatic carbocycles. The zero-order valence-corrected chi connectivity index (χ0v) is 13.3. The second-order valence-electron chi connectivity index (χ2n) is 5.99. The van der Waals surface area contributed by atoms with Gasteiger partial charge in [-0.1, -0.05) is 0 Å². The molecule has 6 nitrogen and oxygen atoms in total. The Morgan fingerprint density at radius 1 is 1.43 bits per heavy atom. The number of anilines is 1. The maximum absolute atomic E-state index is 12.9. The zero-order valence-electron chi connectivity index (χ0n) is 12.5. The van der Waals surface area contributed by atoms with Gasteiger partial charge in [0.1, 0.15) is 11.9 Å². The maximum atomic E-state index is 12.9. The number of aliphatic hydroxyl groups excluding tert-OH is 1. The standard InChI is InChI=1S/C16H17N3O3S/c20-13-3-4-14(22-16(13)5-6-16)19(11-2-1-7-17-8-11)15(21)12-9-23-10-18-12/h1-2,7-10,13-14,20H,3-6H2. The van der Waals surface area contributed by atoms with Crippen molar-refractivity contribution < 1.29 is 14.6 Å². The Balaban J connectivity index is 1.67. The largest absolute Gasteiger partial charge is 0.390 e. The van der Waals surface area contributed by atoms with Crippen molar-refractivity contribution in [2.24, 2.45) is 0 Å². The van der Waals surface area contributed by atoms with Gasteiger partial charge in [0.25, 0.3) is 5.91 Å². The SMILES string of the molecule is O=C(c1cscn1)N(c1cccnc1)C1CCC(O)C2(CC2)O1. The monoisotopic (exact) mass is 331 g/mol.